The molecule has 0 aliphatic carbocycles. The van der Waals surface area contributed by atoms with Crippen LogP contribution in [-0.2, 0) is 14.8 Å². The van der Waals surface area contributed by atoms with Crippen LogP contribution >= 0.6 is 0 Å². The van der Waals surface area contributed by atoms with Crippen molar-refractivity contribution in [2.75, 3.05) is 25.4 Å². The molecule has 0 unspecified atom stereocenters. The number of aromatic carboxylic acids is 1. The molecule has 0 saturated carbocycles. The van der Waals surface area contributed by atoms with Crippen LogP contribution in [0.3, 0.4) is 0 Å². The summed E-state index contributed by atoms with van der Waals surface area (Å²) >= 11 is 0. The zero-order valence-electron chi connectivity index (χ0n) is 14.9. The Bertz CT molecular complexity index is 829. The number of piperidine rings is 1. The van der Waals surface area contributed by atoms with Crippen LogP contribution in [0, 0.1) is 0 Å². The maximum absolute atomic E-state index is 12.8. The molecule has 1 saturated heterocycles. The molecule has 2 N–H and O–H groups in total. The van der Waals surface area contributed by atoms with Gasteiger partial charge >= 0.3 is 11.9 Å². The summed E-state index contributed by atoms with van der Waals surface area (Å²) in [7, 11) is -3.33. The number of rotatable bonds is 7. The Hall–Kier alpha value is -2.46. The smallest absolute Gasteiger partial charge is 0.335 e. The van der Waals surface area contributed by atoms with Crippen LogP contribution in [0.25, 0.3) is 0 Å². The lowest BCUT2D eigenvalue weighted by Gasteiger charge is -2.37. The lowest BCUT2D eigenvalue weighted by atomic mass is 10.0. The van der Waals surface area contributed by atoms with Crippen LogP contribution in [0.4, 0.5) is 0 Å². The normalized spacial score (nSPS) is 16.0. The van der Waals surface area contributed by atoms with Gasteiger partial charge in [-0.2, -0.15) is 0 Å². The largest absolute Gasteiger partial charge is 0.480 e. The van der Waals surface area contributed by atoms with E-state index in [4.69, 9.17) is 5.11 Å². The summed E-state index contributed by atoms with van der Waals surface area (Å²) in [6.45, 7) is 1.43. The molecule has 1 heterocycles. The third-order valence-corrected chi connectivity index (χ3v) is 6.43. The van der Waals surface area contributed by atoms with Crippen molar-refractivity contribution >= 4 is 27.9 Å². The number of sulfonamides is 1. The first-order valence-electron chi connectivity index (χ1n) is 8.49. The minimum Gasteiger partial charge on any atom is -0.480 e. The van der Waals surface area contributed by atoms with Crippen LogP contribution in [0.2, 0.25) is 0 Å². The van der Waals surface area contributed by atoms with Crippen LogP contribution in [0.5, 0.6) is 0 Å². The number of carbonyl (C=O) groups is 3. The van der Waals surface area contributed by atoms with Crippen molar-refractivity contribution in [3.63, 3.8) is 0 Å². The highest BCUT2D eigenvalue weighted by molar-refractivity contribution is 7.89. The third-order valence-electron chi connectivity index (χ3n) is 4.55. The van der Waals surface area contributed by atoms with Crippen LogP contribution in [-0.4, -0.2) is 77.1 Å². The van der Waals surface area contributed by atoms with Crippen molar-refractivity contribution in [3.8, 4) is 0 Å². The average molecular weight is 398 g/mol. The Morgan fingerprint density at radius 3 is 2.26 bits per heavy atom. The molecule has 1 amide bonds. The van der Waals surface area contributed by atoms with Gasteiger partial charge < -0.3 is 15.1 Å². The maximum Gasteiger partial charge on any atom is 0.335 e. The van der Waals surface area contributed by atoms with Gasteiger partial charge in [-0.3, -0.25) is 9.59 Å². The van der Waals surface area contributed by atoms with E-state index in [2.05, 4.69) is 0 Å². The Labute approximate surface area is 157 Å². The molecule has 1 aromatic carbocycles. The lowest BCUT2D eigenvalue weighted by molar-refractivity contribution is -0.138. The van der Waals surface area contributed by atoms with E-state index in [9.17, 15) is 27.9 Å². The van der Waals surface area contributed by atoms with Gasteiger partial charge in [0.15, 0.2) is 0 Å². The Morgan fingerprint density at radius 1 is 1.15 bits per heavy atom. The number of aliphatic carboxylic acids is 1. The van der Waals surface area contributed by atoms with Crippen LogP contribution in [0.15, 0.2) is 24.3 Å². The van der Waals surface area contributed by atoms with Crippen molar-refractivity contribution in [1.29, 1.82) is 0 Å². The molecule has 1 fully saturated rings. The molecule has 2 rings (SSSR count). The lowest BCUT2D eigenvalue weighted by Crippen LogP contribution is -2.50. The molecule has 0 spiro atoms. The Morgan fingerprint density at radius 2 is 1.74 bits per heavy atom. The zero-order chi connectivity index (χ0) is 20.2. The highest BCUT2D eigenvalue weighted by Crippen LogP contribution is 2.21. The molecule has 9 nitrogen and oxygen atoms in total. The van der Waals surface area contributed by atoms with Crippen molar-refractivity contribution in [2.24, 2.45) is 0 Å². The van der Waals surface area contributed by atoms with Crippen molar-refractivity contribution in [2.45, 2.75) is 25.8 Å². The van der Waals surface area contributed by atoms with E-state index in [0.717, 1.165) is 0 Å². The average Bonchev–Trinajstić information content (AvgIpc) is 2.65. The topological polar surface area (TPSA) is 132 Å². The number of nitrogens with zero attached hydrogens (tertiary/aromatic N) is 2. The van der Waals surface area contributed by atoms with Gasteiger partial charge in [0.2, 0.25) is 10.0 Å². The molecule has 0 bridgehead atoms. The molecule has 0 aromatic heterocycles. The summed E-state index contributed by atoms with van der Waals surface area (Å²) in [5, 5.41) is 18.2. The maximum atomic E-state index is 12.8. The van der Waals surface area contributed by atoms with E-state index in [1.807, 2.05) is 0 Å². The predicted molar refractivity (Wildman–Crippen MR) is 96.1 cm³/mol. The summed E-state index contributed by atoms with van der Waals surface area (Å²) in [6.07, 6.45) is 0.633. The van der Waals surface area contributed by atoms with E-state index in [-0.39, 0.29) is 30.0 Å². The van der Waals surface area contributed by atoms with E-state index in [1.165, 1.54) is 33.5 Å². The number of carboxylic acid groups (broad SMARTS) is 2. The predicted octanol–water partition coefficient (Wildman–Crippen LogP) is 0.726. The van der Waals surface area contributed by atoms with Gasteiger partial charge in [0.05, 0.1) is 11.3 Å². The van der Waals surface area contributed by atoms with Gasteiger partial charge in [-0.25, -0.2) is 17.5 Å². The standard InChI is InChI=1S/C17H22N2O7S/c1-2-27(25,26)18-8-6-14(7-9-18)19(11-15(20)21)16(22)12-4-3-5-13(10-12)17(23)24/h3-5,10,14H,2,6-9,11H2,1H3,(H,20,21)(H,23,24). The number of carboxylic acids is 2. The SMILES string of the molecule is CCS(=O)(=O)N1CCC(N(CC(=O)O)C(=O)c2cccc(C(=O)O)c2)CC1. The number of benzene rings is 1. The first kappa shape index (κ1) is 20.8. The van der Waals surface area contributed by atoms with Crippen molar-refractivity contribution in [1.82, 2.24) is 9.21 Å². The molecule has 148 valence electrons. The van der Waals surface area contributed by atoms with Crippen molar-refractivity contribution < 1.29 is 33.0 Å². The summed E-state index contributed by atoms with van der Waals surface area (Å²) in [4.78, 5) is 36.3. The van der Waals surface area contributed by atoms with Gasteiger partial charge in [-0.05, 0) is 38.0 Å². The second kappa shape index (κ2) is 8.49. The quantitative estimate of drug-likeness (QED) is 0.692. The summed E-state index contributed by atoms with van der Waals surface area (Å²) in [5.41, 5.74) is 0.0137. The van der Waals surface area contributed by atoms with Crippen LogP contribution < -0.4 is 0 Å². The van der Waals surface area contributed by atoms with E-state index in [0.29, 0.717) is 12.8 Å². The zero-order valence-corrected chi connectivity index (χ0v) is 15.7. The fourth-order valence-corrected chi connectivity index (χ4v) is 4.21. The Balaban J connectivity index is 2.21. The number of hydrogen-bond donors (Lipinski definition) is 2. The third kappa shape index (κ3) is 5.04. The molecular formula is C17H22N2O7S. The van der Waals surface area contributed by atoms with E-state index in [1.54, 1.807) is 6.92 Å². The van der Waals surface area contributed by atoms with Gasteiger partial charge in [0.25, 0.3) is 5.91 Å². The van der Waals surface area contributed by atoms with E-state index >= 15 is 0 Å². The van der Waals surface area contributed by atoms with Crippen LogP contribution in [0.1, 0.15) is 40.5 Å². The summed E-state index contributed by atoms with van der Waals surface area (Å²) in [5.74, 6) is -2.98. The summed E-state index contributed by atoms with van der Waals surface area (Å²) < 4.78 is 25.3. The highest BCUT2D eigenvalue weighted by Gasteiger charge is 2.33. The number of carbonyl (C=O) groups excluding carboxylic acids is 1. The summed E-state index contributed by atoms with van der Waals surface area (Å²) in [6, 6.07) is 4.96. The minimum absolute atomic E-state index is 0.0165. The first-order valence-corrected chi connectivity index (χ1v) is 10.1. The Kier molecular flexibility index (Phi) is 6.55. The van der Waals surface area contributed by atoms with Gasteiger partial charge in [-0.1, -0.05) is 6.07 Å². The number of hydrogen-bond acceptors (Lipinski definition) is 5. The molecule has 10 heteroatoms. The molecule has 27 heavy (non-hydrogen) atoms. The second-order valence-corrected chi connectivity index (χ2v) is 8.50. The molecule has 0 atom stereocenters. The molecule has 1 aliphatic heterocycles. The fraction of sp³-hybridized carbons (Fsp3) is 0.471. The first-order chi connectivity index (χ1) is 12.7. The molecule has 1 aromatic rings. The van der Waals surface area contributed by atoms with Gasteiger partial charge in [-0.15, -0.1) is 0 Å². The van der Waals surface area contributed by atoms with E-state index < -0.39 is 40.5 Å². The molecule has 1 aliphatic rings. The minimum atomic E-state index is -3.33. The van der Waals surface area contributed by atoms with Crippen molar-refractivity contribution in [3.05, 3.63) is 35.4 Å². The fourth-order valence-electron chi connectivity index (χ4n) is 3.08. The van der Waals surface area contributed by atoms with Gasteiger partial charge in [0, 0.05) is 24.7 Å². The highest BCUT2D eigenvalue weighted by atomic mass is 32.2. The molecule has 0 radical (unpaired) electrons. The monoisotopic (exact) mass is 398 g/mol. The molecular weight excluding hydrogens is 376 g/mol. The van der Waals surface area contributed by atoms with Gasteiger partial charge in [0.1, 0.15) is 6.54 Å². The number of amides is 1. The second-order valence-electron chi connectivity index (χ2n) is 6.24.